The van der Waals surface area contributed by atoms with Crippen molar-refractivity contribution in [3.8, 4) is 5.75 Å². The molecule has 6 heteroatoms. The summed E-state index contributed by atoms with van der Waals surface area (Å²) in [7, 11) is 0. The van der Waals surface area contributed by atoms with E-state index in [1.54, 1.807) is 12.3 Å². The Labute approximate surface area is 122 Å². The summed E-state index contributed by atoms with van der Waals surface area (Å²) in [6, 6.07) is 4.43. The van der Waals surface area contributed by atoms with Gasteiger partial charge in [-0.3, -0.25) is 9.89 Å². The lowest BCUT2D eigenvalue weighted by Crippen LogP contribution is -2.24. The maximum absolute atomic E-state index is 11.9. The van der Waals surface area contributed by atoms with E-state index in [4.69, 9.17) is 11.6 Å². The van der Waals surface area contributed by atoms with Crippen LogP contribution in [0, 0.1) is 6.92 Å². The highest BCUT2D eigenvalue weighted by atomic mass is 35.5. The van der Waals surface area contributed by atoms with Crippen molar-refractivity contribution in [2.24, 2.45) is 0 Å². The molecule has 0 atom stereocenters. The van der Waals surface area contributed by atoms with Gasteiger partial charge in [-0.05, 0) is 43.5 Å². The third kappa shape index (κ3) is 3.51. The Morgan fingerprint density at radius 1 is 1.50 bits per heavy atom. The minimum Gasteiger partial charge on any atom is -0.507 e. The van der Waals surface area contributed by atoms with Crippen molar-refractivity contribution in [2.75, 3.05) is 6.54 Å². The molecule has 0 saturated carbocycles. The van der Waals surface area contributed by atoms with E-state index in [9.17, 15) is 9.90 Å². The van der Waals surface area contributed by atoms with Crippen LogP contribution >= 0.6 is 11.6 Å². The summed E-state index contributed by atoms with van der Waals surface area (Å²) in [5.41, 5.74) is 2.43. The minimum absolute atomic E-state index is 0.110. The van der Waals surface area contributed by atoms with Gasteiger partial charge in [0.2, 0.25) is 0 Å². The van der Waals surface area contributed by atoms with Gasteiger partial charge >= 0.3 is 0 Å². The molecular formula is C14H16ClN3O2. The van der Waals surface area contributed by atoms with E-state index >= 15 is 0 Å². The molecule has 0 aliphatic carbocycles. The first kappa shape index (κ1) is 14.4. The number of hydrogen-bond acceptors (Lipinski definition) is 3. The summed E-state index contributed by atoms with van der Waals surface area (Å²) >= 11 is 5.72. The first-order valence-electron chi connectivity index (χ1n) is 6.33. The van der Waals surface area contributed by atoms with Gasteiger partial charge in [0.05, 0.1) is 11.8 Å². The molecule has 0 spiro atoms. The zero-order chi connectivity index (χ0) is 14.5. The summed E-state index contributed by atoms with van der Waals surface area (Å²) < 4.78 is 0. The number of nitrogens with one attached hydrogen (secondary N) is 2. The number of carbonyl (C=O) groups is 1. The highest BCUT2D eigenvalue weighted by Gasteiger charge is 2.10. The predicted octanol–water partition coefficient (Wildman–Crippen LogP) is 2.44. The van der Waals surface area contributed by atoms with Gasteiger partial charge in [-0.2, -0.15) is 5.10 Å². The fourth-order valence-electron chi connectivity index (χ4n) is 1.90. The monoisotopic (exact) mass is 293 g/mol. The molecule has 0 radical (unpaired) electrons. The minimum atomic E-state index is -0.303. The Morgan fingerprint density at radius 2 is 2.30 bits per heavy atom. The molecule has 0 fully saturated rings. The van der Waals surface area contributed by atoms with Crippen LogP contribution in [0.5, 0.6) is 5.75 Å². The summed E-state index contributed by atoms with van der Waals surface area (Å²) in [5.74, 6) is -0.413. The number of phenolic OH excluding ortho intramolecular Hbond substituents is 1. The van der Waals surface area contributed by atoms with E-state index in [0.717, 1.165) is 24.1 Å². The lowest BCUT2D eigenvalue weighted by molar-refractivity contribution is 0.0950. The molecule has 1 amide bonds. The average Bonchev–Trinajstić information content (AvgIpc) is 2.80. The summed E-state index contributed by atoms with van der Waals surface area (Å²) in [6.45, 7) is 2.50. The number of H-pyrrole nitrogens is 1. The molecule has 2 rings (SSSR count). The highest BCUT2D eigenvalue weighted by molar-refractivity contribution is 6.30. The average molecular weight is 294 g/mol. The second-order valence-corrected chi connectivity index (χ2v) is 4.98. The molecule has 2 aromatic rings. The molecule has 0 aliphatic rings. The highest BCUT2D eigenvalue weighted by Crippen LogP contribution is 2.21. The largest absolute Gasteiger partial charge is 0.507 e. The van der Waals surface area contributed by atoms with Crippen LogP contribution in [0.25, 0.3) is 0 Å². The van der Waals surface area contributed by atoms with E-state index in [2.05, 4.69) is 15.5 Å². The molecule has 5 nitrogen and oxygen atoms in total. The van der Waals surface area contributed by atoms with Crippen LogP contribution in [0.3, 0.4) is 0 Å². The number of aromatic nitrogens is 2. The second kappa shape index (κ2) is 6.43. The molecule has 1 aromatic heterocycles. The standard InChI is InChI=1S/C14H16ClN3O2/c1-9-10(8-17-18-9)3-2-6-16-14(20)12-5-4-11(15)7-13(12)19/h4-5,7-8,19H,2-3,6H2,1H3,(H,16,20)(H,17,18). The number of aromatic hydroxyl groups is 1. The molecule has 0 unspecified atom stereocenters. The van der Waals surface area contributed by atoms with Gasteiger partial charge in [-0.1, -0.05) is 11.6 Å². The maximum Gasteiger partial charge on any atom is 0.255 e. The lowest BCUT2D eigenvalue weighted by atomic mass is 10.1. The molecule has 3 N–H and O–H groups in total. The number of hydrogen-bond donors (Lipinski definition) is 3. The van der Waals surface area contributed by atoms with Gasteiger partial charge in [0.15, 0.2) is 0 Å². The summed E-state index contributed by atoms with van der Waals surface area (Å²) in [4.78, 5) is 11.9. The normalized spacial score (nSPS) is 10.5. The fraction of sp³-hybridized carbons (Fsp3) is 0.286. The second-order valence-electron chi connectivity index (χ2n) is 4.54. The number of amides is 1. The zero-order valence-electron chi connectivity index (χ0n) is 11.1. The smallest absolute Gasteiger partial charge is 0.255 e. The summed E-state index contributed by atoms with van der Waals surface area (Å²) in [6.07, 6.45) is 3.44. The van der Waals surface area contributed by atoms with Crippen LogP contribution in [-0.4, -0.2) is 27.8 Å². The molecule has 0 bridgehead atoms. The number of aromatic amines is 1. The molecule has 1 heterocycles. The number of aryl methyl sites for hydroxylation is 2. The van der Waals surface area contributed by atoms with Gasteiger partial charge < -0.3 is 10.4 Å². The quantitative estimate of drug-likeness (QED) is 0.741. The van der Waals surface area contributed by atoms with Crippen molar-refractivity contribution >= 4 is 17.5 Å². The van der Waals surface area contributed by atoms with Crippen molar-refractivity contribution < 1.29 is 9.90 Å². The number of rotatable bonds is 5. The molecule has 0 aliphatic heterocycles. The van der Waals surface area contributed by atoms with Crippen LogP contribution < -0.4 is 5.32 Å². The molecule has 0 saturated heterocycles. The Kier molecular flexibility index (Phi) is 4.63. The number of benzene rings is 1. The molecular weight excluding hydrogens is 278 g/mol. The Morgan fingerprint density at radius 3 is 2.95 bits per heavy atom. The van der Waals surface area contributed by atoms with Gasteiger partial charge in [-0.25, -0.2) is 0 Å². The van der Waals surface area contributed by atoms with Crippen LogP contribution in [0.4, 0.5) is 0 Å². The van der Waals surface area contributed by atoms with Crippen molar-refractivity contribution in [3.05, 3.63) is 46.2 Å². The molecule has 106 valence electrons. The first-order chi connectivity index (χ1) is 9.58. The van der Waals surface area contributed by atoms with Gasteiger partial charge in [0.1, 0.15) is 5.75 Å². The number of phenols is 1. The van der Waals surface area contributed by atoms with E-state index in [1.807, 2.05) is 6.92 Å². The van der Waals surface area contributed by atoms with Crippen LogP contribution in [-0.2, 0) is 6.42 Å². The Hall–Kier alpha value is -2.01. The molecule has 20 heavy (non-hydrogen) atoms. The third-order valence-corrected chi connectivity index (χ3v) is 3.28. The number of nitrogens with zero attached hydrogens (tertiary/aromatic N) is 1. The van der Waals surface area contributed by atoms with Crippen molar-refractivity contribution in [2.45, 2.75) is 19.8 Å². The van der Waals surface area contributed by atoms with Gasteiger partial charge in [0, 0.05) is 17.3 Å². The predicted molar refractivity (Wildman–Crippen MR) is 77.1 cm³/mol. The van der Waals surface area contributed by atoms with Gasteiger partial charge in [-0.15, -0.1) is 0 Å². The van der Waals surface area contributed by atoms with Crippen LogP contribution in [0.1, 0.15) is 28.0 Å². The first-order valence-corrected chi connectivity index (χ1v) is 6.71. The SMILES string of the molecule is Cc1[nH]ncc1CCCNC(=O)c1ccc(Cl)cc1O. The zero-order valence-corrected chi connectivity index (χ0v) is 11.9. The van der Waals surface area contributed by atoms with E-state index < -0.39 is 0 Å². The van der Waals surface area contributed by atoms with E-state index in [0.29, 0.717) is 11.6 Å². The summed E-state index contributed by atoms with van der Waals surface area (Å²) in [5, 5.41) is 19.6. The number of carbonyl (C=O) groups excluding carboxylic acids is 1. The lowest BCUT2D eigenvalue weighted by Gasteiger charge is -2.07. The molecule has 1 aromatic carbocycles. The van der Waals surface area contributed by atoms with Crippen molar-refractivity contribution in [1.82, 2.24) is 15.5 Å². The van der Waals surface area contributed by atoms with Crippen molar-refractivity contribution in [1.29, 1.82) is 0 Å². The van der Waals surface area contributed by atoms with Crippen molar-refractivity contribution in [3.63, 3.8) is 0 Å². The van der Waals surface area contributed by atoms with E-state index in [-0.39, 0.29) is 17.2 Å². The Bertz CT molecular complexity index is 610. The topological polar surface area (TPSA) is 78.0 Å². The maximum atomic E-state index is 11.9. The fourth-order valence-corrected chi connectivity index (χ4v) is 2.07. The number of halogens is 1. The van der Waals surface area contributed by atoms with E-state index in [1.165, 1.54) is 12.1 Å². The van der Waals surface area contributed by atoms with Crippen LogP contribution in [0.2, 0.25) is 5.02 Å². The Balaban J connectivity index is 1.82. The van der Waals surface area contributed by atoms with Crippen LogP contribution in [0.15, 0.2) is 24.4 Å². The third-order valence-electron chi connectivity index (χ3n) is 3.05. The van der Waals surface area contributed by atoms with Gasteiger partial charge in [0.25, 0.3) is 5.91 Å².